The average Bonchev–Trinajstić information content (AvgIpc) is 2.34. The van der Waals surface area contributed by atoms with Crippen LogP contribution >= 0.6 is 0 Å². The molecule has 0 heterocycles. The van der Waals surface area contributed by atoms with Crippen LogP contribution in [0.3, 0.4) is 0 Å². The van der Waals surface area contributed by atoms with Crippen molar-refractivity contribution in [1.82, 2.24) is 0 Å². The number of carbonyl (C=O) groups is 1. The minimum absolute atomic E-state index is 0.121. The van der Waals surface area contributed by atoms with Gasteiger partial charge in [0.25, 0.3) is 0 Å². The van der Waals surface area contributed by atoms with Gasteiger partial charge in [-0.2, -0.15) is 0 Å². The van der Waals surface area contributed by atoms with Gasteiger partial charge in [0.1, 0.15) is 6.10 Å². The summed E-state index contributed by atoms with van der Waals surface area (Å²) in [5.74, 6) is -0.0995. The van der Waals surface area contributed by atoms with Crippen molar-refractivity contribution in [2.45, 2.75) is 19.4 Å². The van der Waals surface area contributed by atoms with E-state index in [1.165, 1.54) is 6.92 Å². The zero-order chi connectivity index (χ0) is 8.27. The summed E-state index contributed by atoms with van der Waals surface area (Å²) in [7, 11) is 0. The smallest absolute Gasteiger partial charge is 0.303 e. The van der Waals surface area contributed by atoms with E-state index in [0.717, 1.165) is 6.42 Å². The summed E-state index contributed by atoms with van der Waals surface area (Å²) in [5.41, 5.74) is 0. The normalized spacial score (nSPS) is 28.9. The Morgan fingerprint density at radius 2 is 2.45 bits per heavy atom. The second-order valence-corrected chi connectivity index (χ2v) is 2.71. The molecule has 1 aliphatic rings. The molecule has 62 valence electrons. The molecule has 1 aliphatic carbocycles. The van der Waals surface area contributed by atoms with Crippen LogP contribution in [-0.2, 0) is 9.53 Å². The summed E-state index contributed by atoms with van der Waals surface area (Å²) in [4.78, 5) is 10.5. The Kier molecular flexibility index (Phi) is 2.65. The summed E-state index contributed by atoms with van der Waals surface area (Å²) < 4.78 is 4.91. The van der Waals surface area contributed by atoms with E-state index in [0.29, 0.717) is 0 Å². The molecule has 0 bridgehead atoms. The molecule has 3 heteroatoms. The first-order valence-corrected chi connectivity index (χ1v) is 3.68. The van der Waals surface area contributed by atoms with Crippen LogP contribution in [0.2, 0.25) is 0 Å². The van der Waals surface area contributed by atoms with E-state index in [9.17, 15) is 4.79 Å². The van der Waals surface area contributed by atoms with Gasteiger partial charge in [0.15, 0.2) is 0 Å². The second-order valence-electron chi connectivity index (χ2n) is 2.71. The first kappa shape index (κ1) is 8.27. The molecular formula is C8H12O3. The maximum absolute atomic E-state index is 10.5. The van der Waals surface area contributed by atoms with Crippen molar-refractivity contribution in [3.05, 3.63) is 12.2 Å². The van der Waals surface area contributed by atoms with E-state index in [2.05, 4.69) is 0 Å². The van der Waals surface area contributed by atoms with E-state index in [1.54, 1.807) is 0 Å². The maximum Gasteiger partial charge on any atom is 0.303 e. The number of hydrogen-bond acceptors (Lipinski definition) is 3. The van der Waals surface area contributed by atoms with Gasteiger partial charge in [0.05, 0.1) is 0 Å². The Labute approximate surface area is 65.7 Å². The van der Waals surface area contributed by atoms with Gasteiger partial charge < -0.3 is 9.84 Å². The lowest BCUT2D eigenvalue weighted by atomic mass is 10.1. The van der Waals surface area contributed by atoms with Gasteiger partial charge in [0.2, 0.25) is 0 Å². The molecule has 0 unspecified atom stereocenters. The van der Waals surface area contributed by atoms with Gasteiger partial charge >= 0.3 is 5.97 Å². The number of carbonyl (C=O) groups excluding carboxylic acids is 1. The highest BCUT2D eigenvalue weighted by molar-refractivity contribution is 5.66. The van der Waals surface area contributed by atoms with Crippen LogP contribution in [0.15, 0.2) is 12.2 Å². The summed E-state index contributed by atoms with van der Waals surface area (Å²) in [5, 5.41) is 8.73. The van der Waals surface area contributed by atoms with Crippen LogP contribution in [0, 0.1) is 5.92 Å². The highest BCUT2D eigenvalue weighted by Crippen LogP contribution is 2.19. The van der Waals surface area contributed by atoms with E-state index < -0.39 is 0 Å². The van der Waals surface area contributed by atoms with Crippen LogP contribution in [0.4, 0.5) is 0 Å². The molecule has 1 rings (SSSR count). The number of aliphatic hydroxyl groups excluding tert-OH is 1. The topological polar surface area (TPSA) is 46.5 Å². The Morgan fingerprint density at radius 3 is 2.91 bits per heavy atom. The largest absolute Gasteiger partial charge is 0.458 e. The molecule has 0 radical (unpaired) electrons. The van der Waals surface area contributed by atoms with E-state index in [1.807, 2.05) is 12.2 Å². The van der Waals surface area contributed by atoms with Crippen molar-refractivity contribution < 1.29 is 14.6 Å². The fourth-order valence-corrected chi connectivity index (χ4v) is 1.17. The molecule has 0 saturated heterocycles. The van der Waals surface area contributed by atoms with E-state index in [-0.39, 0.29) is 24.6 Å². The van der Waals surface area contributed by atoms with Crippen molar-refractivity contribution in [1.29, 1.82) is 0 Å². The van der Waals surface area contributed by atoms with Crippen LogP contribution < -0.4 is 0 Å². The lowest BCUT2D eigenvalue weighted by Gasteiger charge is -2.09. The van der Waals surface area contributed by atoms with Gasteiger partial charge in [-0.3, -0.25) is 4.79 Å². The van der Waals surface area contributed by atoms with Crippen LogP contribution in [-0.4, -0.2) is 23.8 Å². The molecular weight excluding hydrogens is 144 g/mol. The third kappa shape index (κ3) is 2.35. The van der Waals surface area contributed by atoms with Gasteiger partial charge in [-0.25, -0.2) is 0 Å². The molecule has 0 spiro atoms. The zero-order valence-corrected chi connectivity index (χ0v) is 6.49. The Hall–Kier alpha value is -0.830. The number of hydrogen-bond donors (Lipinski definition) is 1. The monoisotopic (exact) mass is 156 g/mol. The Morgan fingerprint density at radius 1 is 1.73 bits per heavy atom. The van der Waals surface area contributed by atoms with Crippen molar-refractivity contribution in [3.63, 3.8) is 0 Å². The van der Waals surface area contributed by atoms with Crippen molar-refractivity contribution in [2.75, 3.05) is 6.61 Å². The number of esters is 1. The minimum atomic E-state index is -0.266. The van der Waals surface area contributed by atoms with Crippen LogP contribution in [0.1, 0.15) is 13.3 Å². The number of rotatable bonds is 2. The van der Waals surface area contributed by atoms with Crippen LogP contribution in [0.25, 0.3) is 0 Å². The van der Waals surface area contributed by atoms with Crippen molar-refractivity contribution >= 4 is 5.97 Å². The molecule has 3 nitrogen and oxygen atoms in total. The maximum atomic E-state index is 10.5. The first-order valence-electron chi connectivity index (χ1n) is 3.68. The summed E-state index contributed by atoms with van der Waals surface area (Å²) in [6, 6.07) is 0. The predicted octanol–water partition coefficient (Wildman–Crippen LogP) is 0.486. The highest BCUT2D eigenvalue weighted by Gasteiger charge is 2.19. The minimum Gasteiger partial charge on any atom is -0.458 e. The highest BCUT2D eigenvalue weighted by atomic mass is 16.5. The molecule has 0 aromatic carbocycles. The van der Waals surface area contributed by atoms with Crippen LogP contribution in [0.5, 0.6) is 0 Å². The van der Waals surface area contributed by atoms with E-state index >= 15 is 0 Å². The SMILES string of the molecule is CC(=O)O[C@H]1C=C[C@@H](CO)C1. The summed E-state index contributed by atoms with van der Waals surface area (Å²) in [6.07, 6.45) is 4.30. The molecule has 0 aliphatic heterocycles. The van der Waals surface area contributed by atoms with Gasteiger partial charge in [0, 0.05) is 19.4 Å². The summed E-state index contributed by atoms with van der Waals surface area (Å²) >= 11 is 0. The van der Waals surface area contributed by atoms with Crippen molar-refractivity contribution in [3.8, 4) is 0 Å². The van der Waals surface area contributed by atoms with Crippen molar-refractivity contribution in [2.24, 2.45) is 5.92 Å². The molecule has 0 saturated carbocycles. The predicted molar refractivity (Wildman–Crippen MR) is 39.9 cm³/mol. The zero-order valence-electron chi connectivity index (χ0n) is 6.49. The molecule has 2 atom stereocenters. The molecule has 0 fully saturated rings. The number of ether oxygens (including phenoxy) is 1. The Bertz CT molecular complexity index is 174. The third-order valence-electron chi connectivity index (χ3n) is 1.68. The fourth-order valence-electron chi connectivity index (χ4n) is 1.17. The quantitative estimate of drug-likeness (QED) is 0.467. The molecule has 0 amide bonds. The third-order valence-corrected chi connectivity index (χ3v) is 1.68. The van der Waals surface area contributed by atoms with Gasteiger partial charge in [-0.1, -0.05) is 6.08 Å². The molecule has 1 N–H and O–H groups in total. The van der Waals surface area contributed by atoms with E-state index in [4.69, 9.17) is 9.84 Å². The standard InChI is InChI=1S/C8H12O3/c1-6(10)11-8-3-2-7(4-8)5-9/h2-3,7-9H,4-5H2,1H3/t7-,8+/m1/s1. The molecule has 0 aromatic rings. The number of aliphatic hydroxyl groups is 1. The Balaban J connectivity index is 2.32. The molecule has 0 aromatic heterocycles. The van der Waals surface area contributed by atoms with Gasteiger partial charge in [-0.15, -0.1) is 0 Å². The lowest BCUT2D eigenvalue weighted by molar-refractivity contribution is -0.144. The fraction of sp³-hybridized carbons (Fsp3) is 0.625. The van der Waals surface area contributed by atoms with Gasteiger partial charge in [-0.05, 0) is 12.5 Å². The first-order chi connectivity index (χ1) is 5.22. The average molecular weight is 156 g/mol. The second kappa shape index (κ2) is 3.53. The summed E-state index contributed by atoms with van der Waals surface area (Å²) in [6.45, 7) is 1.52. The molecule has 11 heavy (non-hydrogen) atoms. The lowest BCUT2D eigenvalue weighted by Crippen LogP contribution is -2.13.